The van der Waals surface area contributed by atoms with E-state index in [0.29, 0.717) is 24.6 Å². The van der Waals surface area contributed by atoms with Crippen molar-refractivity contribution >= 4 is 17.3 Å². The van der Waals surface area contributed by atoms with Crippen molar-refractivity contribution in [2.24, 2.45) is 0 Å². The number of carbonyl (C=O) groups excluding carboxylic acids is 1. The zero-order valence-corrected chi connectivity index (χ0v) is 9.23. The van der Waals surface area contributed by atoms with Crippen molar-refractivity contribution in [3.63, 3.8) is 0 Å². The number of hydrogen-bond donors (Lipinski definition) is 2. The molecular weight excluding hydrogens is 208 g/mol. The lowest BCUT2D eigenvalue weighted by Gasteiger charge is -2.06. The fourth-order valence-corrected chi connectivity index (χ4v) is 1.07. The minimum Gasteiger partial charge on any atom is -0.399 e. The second-order valence-corrected chi connectivity index (χ2v) is 3.22. The number of methoxy groups -OCH3 is 1. The molecule has 0 spiro atoms. The van der Waals surface area contributed by atoms with E-state index in [9.17, 15) is 4.79 Å². The summed E-state index contributed by atoms with van der Waals surface area (Å²) in [6.45, 7) is 0.911. The predicted molar refractivity (Wildman–Crippen MR) is 62.2 cm³/mol. The highest BCUT2D eigenvalue weighted by Crippen LogP contribution is 2.09. The second-order valence-electron chi connectivity index (χ2n) is 3.22. The van der Waals surface area contributed by atoms with Gasteiger partial charge in [0.15, 0.2) is 0 Å². The molecular formula is C11H16N2O3. The minimum atomic E-state index is -0.194. The Balaban J connectivity index is 2.26. The molecule has 1 amide bonds. The number of anilines is 2. The van der Waals surface area contributed by atoms with Crippen molar-refractivity contribution in [2.45, 2.75) is 0 Å². The first-order valence-electron chi connectivity index (χ1n) is 4.94. The molecule has 5 nitrogen and oxygen atoms in total. The van der Waals surface area contributed by atoms with Crippen LogP contribution in [0.25, 0.3) is 0 Å². The number of amides is 1. The molecule has 3 N–H and O–H groups in total. The Hall–Kier alpha value is -1.59. The normalized spacial score (nSPS) is 10.1. The third-order valence-corrected chi connectivity index (χ3v) is 1.86. The van der Waals surface area contributed by atoms with Crippen molar-refractivity contribution in [1.82, 2.24) is 0 Å². The summed E-state index contributed by atoms with van der Waals surface area (Å²) in [6.07, 6.45) is 0. The van der Waals surface area contributed by atoms with E-state index in [-0.39, 0.29) is 12.5 Å². The average Bonchev–Trinajstić information content (AvgIpc) is 2.28. The van der Waals surface area contributed by atoms with Crippen molar-refractivity contribution in [3.8, 4) is 0 Å². The van der Waals surface area contributed by atoms with Gasteiger partial charge in [0.1, 0.15) is 6.61 Å². The van der Waals surface area contributed by atoms with E-state index in [4.69, 9.17) is 15.2 Å². The number of rotatable bonds is 6. The first kappa shape index (κ1) is 12.5. The predicted octanol–water partition coefficient (Wildman–Crippen LogP) is 0.870. The summed E-state index contributed by atoms with van der Waals surface area (Å²) in [6, 6.07) is 6.92. The van der Waals surface area contributed by atoms with E-state index in [1.54, 1.807) is 31.4 Å². The molecule has 0 aliphatic rings. The zero-order valence-electron chi connectivity index (χ0n) is 9.23. The Labute approximate surface area is 94.5 Å². The monoisotopic (exact) mass is 224 g/mol. The van der Waals surface area contributed by atoms with E-state index < -0.39 is 0 Å². The molecule has 1 rings (SSSR count). The van der Waals surface area contributed by atoms with Crippen molar-refractivity contribution in [1.29, 1.82) is 0 Å². The molecule has 1 aromatic carbocycles. The number of nitrogens with one attached hydrogen (secondary N) is 1. The van der Waals surface area contributed by atoms with Gasteiger partial charge in [-0.05, 0) is 24.3 Å². The van der Waals surface area contributed by atoms with Gasteiger partial charge < -0.3 is 20.5 Å². The minimum absolute atomic E-state index is 0.0216. The molecule has 5 heteroatoms. The van der Waals surface area contributed by atoms with E-state index in [1.807, 2.05) is 0 Å². The lowest BCUT2D eigenvalue weighted by molar-refractivity contribution is -0.121. The van der Waals surface area contributed by atoms with E-state index in [2.05, 4.69) is 5.32 Å². The fourth-order valence-electron chi connectivity index (χ4n) is 1.07. The number of nitrogen functional groups attached to an aromatic ring is 1. The summed E-state index contributed by atoms with van der Waals surface area (Å²) in [5.74, 6) is -0.194. The van der Waals surface area contributed by atoms with Crippen LogP contribution in [-0.2, 0) is 14.3 Å². The van der Waals surface area contributed by atoms with Crippen LogP contribution >= 0.6 is 0 Å². The lowest BCUT2D eigenvalue weighted by atomic mass is 10.3. The van der Waals surface area contributed by atoms with Crippen LogP contribution in [0.3, 0.4) is 0 Å². The van der Waals surface area contributed by atoms with Gasteiger partial charge >= 0.3 is 0 Å². The van der Waals surface area contributed by atoms with Crippen LogP contribution in [0.5, 0.6) is 0 Å². The Kier molecular flexibility index (Phi) is 5.31. The molecule has 0 saturated heterocycles. The molecule has 88 valence electrons. The zero-order chi connectivity index (χ0) is 11.8. The molecule has 0 radical (unpaired) electrons. The van der Waals surface area contributed by atoms with Gasteiger partial charge in [-0.2, -0.15) is 0 Å². The summed E-state index contributed by atoms with van der Waals surface area (Å²) < 4.78 is 9.85. The van der Waals surface area contributed by atoms with Gasteiger partial charge in [-0.15, -0.1) is 0 Å². The Bertz CT molecular complexity index is 325. The smallest absolute Gasteiger partial charge is 0.250 e. The maximum atomic E-state index is 11.4. The van der Waals surface area contributed by atoms with Gasteiger partial charge in [0, 0.05) is 18.5 Å². The number of carbonyl (C=O) groups is 1. The van der Waals surface area contributed by atoms with Gasteiger partial charge in [-0.25, -0.2) is 0 Å². The largest absolute Gasteiger partial charge is 0.399 e. The van der Waals surface area contributed by atoms with Crippen LogP contribution < -0.4 is 11.1 Å². The van der Waals surface area contributed by atoms with Gasteiger partial charge in [0.25, 0.3) is 0 Å². The second kappa shape index (κ2) is 6.81. The van der Waals surface area contributed by atoms with Gasteiger partial charge in [0.2, 0.25) is 5.91 Å². The third-order valence-electron chi connectivity index (χ3n) is 1.86. The summed E-state index contributed by atoms with van der Waals surface area (Å²) in [5, 5.41) is 2.69. The van der Waals surface area contributed by atoms with Crippen molar-refractivity contribution in [2.75, 3.05) is 38.0 Å². The number of benzene rings is 1. The van der Waals surface area contributed by atoms with Crippen molar-refractivity contribution in [3.05, 3.63) is 24.3 Å². The van der Waals surface area contributed by atoms with Crippen LogP contribution in [0.2, 0.25) is 0 Å². The van der Waals surface area contributed by atoms with Gasteiger partial charge in [-0.1, -0.05) is 0 Å². The summed E-state index contributed by atoms with van der Waals surface area (Å²) >= 11 is 0. The molecule has 0 atom stereocenters. The Morgan fingerprint density at radius 2 is 2.00 bits per heavy atom. The highest BCUT2D eigenvalue weighted by Gasteiger charge is 2.01. The molecule has 16 heavy (non-hydrogen) atoms. The molecule has 0 aromatic heterocycles. The van der Waals surface area contributed by atoms with Crippen LogP contribution in [0.4, 0.5) is 11.4 Å². The third kappa shape index (κ3) is 4.77. The van der Waals surface area contributed by atoms with Crippen LogP contribution in [0, 0.1) is 0 Å². The summed E-state index contributed by atoms with van der Waals surface area (Å²) in [7, 11) is 1.58. The number of ether oxygens (including phenoxy) is 2. The maximum absolute atomic E-state index is 11.4. The Morgan fingerprint density at radius 1 is 1.31 bits per heavy atom. The van der Waals surface area contributed by atoms with Crippen LogP contribution in [-0.4, -0.2) is 32.8 Å². The van der Waals surface area contributed by atoms with Crippen molar-refractivity contribution < 1.29 is 14.3 Å². The molecule has 0 bridgehead atoms. The molecule has 0 unspecified atom stereocenters. The van der Waals surface area contributed by atoms with E-state index >= 15 is 0 Å². The SMILES string of the molecule is COCCOCC(=O)Nc1ccc(N)cc1. The Morgan fingerprint density at radius 3 is 2.62 bits per heavy atom. The topological polar surface area (TPSA) is 73.6 Å². The fraction of sp³-hybridized carbons (Fsp3) is 0.364. The first-order chi connectivity index (χ1) is 7.72. The van der Waals surface area contributed by atoms with Crippen LogP contribution in [0.1, 0.15) is 0 Å². The summed E-state index contributed by atoms with van der Waals surface area (Å²) in [4.78, 5) is 11.4. The molecule has 1 aromatic rings. The number of nitrogens with two attached hydrogens (primary N) is 1. The van der Waals surface area contributed by atoms with Gasteiger partial charge in [0.05, 0.1) is 13.2 Å². The first-order valence-corrected chi connectivity index (χ1v) is 4.94. The highest BCUT2D eigenvalue weighted by molar-refractivity contribution is 5.91. The highest BCUT2D eigenvalue weighted by atomic mass is 16.5. The molecule has 0 aliphatic heterocycles. The molecule has 0 saturated carbocycles. The summed E-state index contributed by atoms with van der Waals surface area (Å²) in [5.41, 5.74) is 6.88. The average molecular weight is 224 g/mol. The van der Waals surface area contributed by atoms with E-state index in [1.165, 1.54) is 0 Å². The quantitative estimate of drug-likeness (QED) is 0.555. The molecule has 0 aliphatic carbocycles. The lowest BCUT2D eigenvalue weighted by Crippen LogP contribution is -2.19. The van der Waals surface area contributed by atoms with Gasteiger partial charge in [-0.3, -0.25) is 4.79 Å². The molecule has 0 heterocycles. The standard InChI is InChI=1S/C11H16N2O3/c1-15-6-7-16-8-11(14)13-10-4-2-9(12)3-5-10/h2-5H,6-8,12H2,1H3,(H,13,14). The number of hydrogen-bond acceptors (Lipinski definition) is 4. The van der Waals surface area contributed by atoms with Crippen LogP contribution in [0.15, 0.2) is 24.3 Å². The van der Waals surface area contributed by atoms with E-state index in [0.717, 1.165) is 0 Å². The maximum Gasteiger partial charge on any atom is 0.250 e. The molecule has 0 fully saturated rings.